The number of aromatic amines is 2. The second-order valence-electron chi connectivity index (χ2n) is 8.10. The lowest BCUT2D eigenvalue weighted by atomic mass is 10.2. The zero-order chi connectivity index (χ0) is 22.2. The normalized spacial score (nSPS) is 16.5. The van der Waals surface area contributed by atoms with Crippen molar-refractivity contribution in [3.8, 4) is 0 Å². The minimum atomic E-state index is -0.254. The zero-order valence-corrected chi connectivity index (χ0v) is 18.1. The van der Waals surface area contributed by atoms with Crippen LogP contribution in [0.1, 0.15) is 27.4 Å². The van der Waals surface area contributed by atoms with Crippen LogP contribution in [0.15, 0.2) is 24.4 Å². The van der Waals surface area contributed by atoms with Crippen LogP contribution in [0.2, 0.25) is 0 Å². The fraction of sp³-hybridized carbons (Fsp3) is 0.364. The number of urea groups is 1. The highest BCUT2D eigenvalue weighted by atomic mass is 16.5. The highest BCUT2D eigenvalue weighted by molar-refractivity contribution is 6.04. The third-order valence-electron chi connectivity index (χ3n) is 6.03. The molecule has 3 aromatic heterocycles. The van der Waals surface area contributed by atoms with Crippen LogP contribution in [0.25, 0.3) is 16.6 Å². The Hall–Kier alpha value is -3.66. The molecule has 3 amide bonds. The molecular weight excluding hydrogens is 410 g/mol. The molecule has 0 saturated carbocycles. The maximum absolute atomic E-state index is 12.7. The maximum Gasteiger partial charge on any atom is 0.320 e. The van der Waals surface area contributed by atoms with Gasteiger partial charge in [0, 0.05) is 42.8 Å². The van der Waals surface area contributed by atoms with Crippen LogP contribution in [0.5, 0.6) is 0 Å². The van der Waals surface area contributed by atoms with E-state index in [1.165, 1.54) is 0 Å². The van der Waals surface area contributed by atoms with E-state index in [1.54, 1.807) is 6.20 Å². The van der Waals surface area contributed by atoms with Crippen molar-refractivity contribution in [3.05, 3.63) is 47.1 Å². The van der Waals surface area contributed by atoms with Gasteiger partial charge in [0.25, 0.3) is 5.91 Å². The van der Waals surface area contributed by atoms with Gasteiger partial charge in [0.15, 0.2) is 0 Å². The van der Waals surface area contributed by atoms with Crippen molar-refractivity contribution >= 4 is 34.2 Å². The van der Waals surface area contributed by atoms with Crippen LogP contribution in [0.4, 0.5) is 10.5 Å². The van der Waals surface area contributed by atoms with Crippen LogP contribution in [-0.4, -0.2) is 81.3 Å². The third kappa shape index (κ3) is 3.73. The molecule has 3 aromatic rings. The van der Waals surface area contributed by atoms with E-state index in [-0.39, 0.29) is 11.9 Å². The van der Waals surface area contributed by atoms with E-state index >= 15 is 0 Å². The summed E-state index contributed by atoms with van der Waals surface area (Å²) < 4.78 is 5.33. The first kappa shape index (κ1) is 20.3. The summed E-state index contributed by atoms with van der Waals surface area (Å²) in [6, 6.07) is 3.92. The number of rotatable bonds is 3. The second kappa shape index (κ2) is 8.12. The number of pyridine rings is 1. The molecule has 10 nitrogen and oxygen atoms in total. The fourth-order valence-corrected chi connectivity index (χ4v) is 4.01. The molecule has 5 heterocycles. The number of carbonyl (C=O) groups is 2. The molecule has 1 fully saturated rings. The van der Waals surface area contributed by atoms with Gasteiger partial charge in [0.2, 0.25) is 0 Å². The Morgan fingerprint density at radius 1 is 1.16 bits per heavy atom. The van der Waals surface area contributed by atoms with Crippen LogP contribution in [0.3, 0.4) is 0 Å². The van der Waals surface area contributed by atoms with Crippen molar-refractivity contribution in [2.24, 2.45) is 0 Å². The molecule has 0 spiro atoms. The molecular formula is C22H25N7O3. The Bertz CT molecular complexity index is 1220. The molecule has 2 aliphatic heterocycles. The number of aromatic nitrogens is 4. The molecule has 0 radical (unpaired) electrons. The minimum Gasteiger partial charge on any atom is -0.378 e. The zero-order valence-electron chi connectivity index (χ0n) is 18.1. The number of aryl methyl sites for hydroxylation is 1. The van der Waals surface area contributed by atoms with Crippen molar-refractivity contribution in [2.45, 2.75) is 13.8 Å². The van der Waals surface area contributed by atoms with Crippen LogP contribution in [0, 0.1) is 13.8 Å². The predicted octanol–water partition coefficient (Wildman–Crippen LogP) is 2.31. The van der Waals surface area contributed by atoms with E-state index < -0.39 is 0 Å². The second-order valence-corrected chi connectivity index (χ2v) is 8.10. The smallest absolute Gasteiger partial charge is 0.320 e. The number of hydrogen-bond acceptors (Lipinski definition) is 5. The van der Waals surface area contributed by atoms with Crippen LogP contribution in [-0.2, 0) is 4.74 Å². The summed E-state index contributed by atoms with van der Waals surface area (Å²) in [6.07, 6.45) is 3.69. The van der Waals surface area contributed by atoms with Gasteiger partial charge in [-0.15, -0.1) is 0 Å². The number of nitrogens with one attached hydrogen (secondary N) is 3. The molecule has 32 heavy (non-hydrogen) atoms. The Balaban J connectivity index is 1.28. The van der Waals surface area contributed by atoms with Gasteiger partial charge in [-0.25, -0.2) is 9.78 Å². The van der Waals surface area contributed by atoms with Gasteiger partial charge in [-0.3, -0.25) is 9.89 Å². The average Bonchev–Trinajstić information content (AvgIpc) is 3.53. The summed E-state index contributed by atoms with van der Waals surface area (Å²) in [5, 5.41) is 10.6. The molecule has 5 rings (SSSR count). The van der Waals surface area contributed by atoms with Crippen molar-refractivity contribution in [2.75, 3.05) is 44.7 Å². The molecule has 0 bridgehead atoms. The fourth-order valence-electron chi connectivity index (χ4n) is 4.01. The molecule has 1 saturated heterocycles. The standard InChI is InChI=1S/C22H25N7O3/c1-13-14(2)26-27-19(13)21(30)24-17-9-16-10-18(25-20(16)23-11-17)15-3-4-29(12-15)22(31)28-5-7-32-8-6-28/h3,9-11H,4-8,12H2,1-2H3,(H,23,25)(H,24,30)(H,26,27). The number of anilines is 1. The molecule has 10 heteroatoms. The van der Waals surface area contributed by atoms with Crippen molar-refractivity contribution in [1.29, 1.82) is 0 Å². The Kier molecular flexibility index (Phi) is 5.14. The van der Waals surface area contributed by atoms with Gasteiger partial charge in [0.05, 0.1) is 30.8 Å². The topological polar surface area (TPSA) is 119 Å². The molecule has 0 aliphatic carbocycles. The van der Waals surface area contributed by atoms with Crippen LogP contribution < -0.4 is 5.32 Å². The van der Waals surface area contributed by atoms with Gasteiger partial charge in [-0.1, -0.05) is 6.08 Å². The lowest BCUT2D eigenvalue weighted by Gasteiger charge is -2.31. The van der Waals surface area contributed by atoms with Gasteiger partial charge < -0.3 is 24.8 Å². The van der Waals surface area contributed by atoms with Gasteiger partial charge >= 0.3 is 6.03 Å². The highest BCUT2D eigenvalue weighted by Crippen LogP contribution is 2.26. The third-order valence-corrected chi connectivity index (χ3v) is 6.03. The Morgan fingerprint density at radius 3 is 2.72 bits per heavy atom. The van der Waals surface area contributed by atoms with E-state index in [2.05, 4.69) is 31.6 Å². The summed E-state index contributed by atoms with van der Waals surface area (Å²) in [5.41, 5.74) is 5.37. The summed E-state index contributed by atoms with van der Waals surface area (Å²) in [6.45, 7) is 7.28. The Labute approximate surface area is 184 Å². The molecule has 3 N–H and O–H groups in total. The summed E-state index contributed by atoms with van der Waals surface area (Å²) in [5.74, 6) is -0.254. The highest BCUT2D eigenvalue weighted by Gasteiger charge is 2.27. The van der Waals surface area contributed by atoms with E-state index in [9.17, 15) is 9.59 Å². The van der Waals surface area contributed by atoms with Gasteiger partial charge in [0.1, 0.15) is 11.3 Å². The average molecular weight is 435 g/mol. The van der Waals surface area contributed by atoms with E-state index in [0.29, 0.717) is 50.8 Å². The van der Waals surface area contributed by atoms with E-state index in [0.717, 1.165) is 33.6 Å². The van der Waals surface area contributed by atoms with E-state index in [4.69, 9.17) is 4.74 Å². The maximum atomic E-state index is 12.7. The first-order chi connectivity index (χ1) is 15.5. The van der Waals surface area contributed by atoms with Crippen molar-refractivity contribution in [3.63, 3.8) is 0 Å². The lowest BCUT2D eigenvalue weighted by Crippen LogP contribution is -2.47. The van der Waals surface area contributed by atoms with Crippen molar-refractivity contribution in [1.82, 2.24) is 30.0 Å². The molecule has 0 unspecified atom stereocenters. The molecule has 0 aromatic carbocycles. The quantitative estimate of drug-likeness (QED) is 0.583. The largest absolute Gasteiger partial charge is 0.378 e. The molecule has 166 valence electrons. The number of fused-ring (bicyclic) bond motifs is 1. The van der Waals surface area contributed by atoms with Crippen LogP contribution >= 0.6 is 0 Å². The lowest BCUT2D eigenvalue weighted by molar-refractivity contribution is 0.0456. The first-order valence-electron chi connectivity index (χ1n) is 10.6. The van der Waals surface area contributed by atoms with E-state index in [1.807, 2.05) is 35.8 Å². The summed E-state index contributed by atoms with van der Waals surface area (Å²) in [7, 11) is 0. The number of carbonyl (C=O) groups excluding carboxylic acids is 2. The first-order valence-corrected chi connectivity index (χ1v) is 10.6. The predicted molar refractivity (Wildman–Crippen MR) is 119 cm³/mol. The Morgan fingerprint density at radius 2 is 1.97 bits per heavy atom. The molecule has 2 aliphatic rings. The molecule has 0 atom stereocenters. The monoisotopic (exact) mass is 435 g/mol. The summed E-state index contributed by atoms with van der Waals surface area (Å²) in [4.78, 5) is 36.7. The number of hydrogen-bond donors (Lipinski definition) is 3. The van der Waals surface area contributed by atoms with Gasteiger partial charge in [-0.05, 0) is 31.6 Å². The van der Waals surface area contributed by atoms with Gasteiger partial charge in [-0.2, -0.15) is 5.10 Å². The number of ether oxygens (including phenoxy) is 1. The summed E-state index contributed by atoms with van der Waals surface area (Å²) >= 11 is 0. The number of H-pyrrole nitrogens is 2. The number of nitrogens with zero attached hydrogens (tertiary/aromatic N) is 4. The minimum absolute atomic E-state index is 0.0446. The number of amides is 3. The number of morpholine rings is 1. The SMILES string of the molecule is Cc1n[nH]c(C(=O)Nc2cnc3[nH]c(C4=CCN(C(=O)N5CCOCC5)C4)cc3c2)c1C. The van der Waals surface area contributed by atoms with Crippen molar-refractivity contribution < 1.29 is 14.3 Å².